The van der Waals surface area contributed by atoms with E-state index in [2.05, 4.69) is 31.5 Å². The zero-order valence-corrected chi connectivity index (χ0v) is 23.4. The van der Waals surface area contributed by atoms with Crippen LogP contribution in [0.3, 0.4) is 0 Å². The molecule has 0 aliphatic carbocycles. The second-order valence-corrected chi connectivity index (χ2v) is 10.5. The number of carbonyl (C=O) groups is 1. The SMILES string of the molecule is C=C(/C=C\C=C(/C)c1c(C#N)cc(C(N)=O)c2[nH]c3cc(C(C)C)ccc3c12)n1c(=O)cc2c(Cl)cccn2c1=O. The third kappa shape index (κ3) is 4.66. The summed E-state index contributed by atoms with van der Waals surface area (Å²) >= 11 is 6.15. The average molecular weight is 564 g/mol. The van der Waals surface area contributed by atoms with E-state index >= 15 is 0 Å². The molecular formula is C32H26ClN5O3. The molecule has 0 unspecified atom stereocenters. The number of rotatable bonds is 6. The largest absolute Gasteiger partial charge is 0.366 e. The molecule has 0 bridgehead atoms. The number of nitrogens with two attached hydrogens (primary N) is 1. The molecule has 2 aromatic carbocycles. The number of allylic oxidation sites excluding steroid dienone is 5. The van der Waals surface area contributed by atoms with Gasteiger partial charge in [-0.2, -0.15) is 5.26 Å². The number of aromatic amines is 1. The van der Waals surface area contributed by atoms with Crippen LogP contribution in [0.1, 0.15) is 53.7 Å². The summed E-state index contributed by atoms with van der Waals surface area (Å²) in [5.74, 6) is -0.338. The van der Waals surface area contributed by atoms with E-state index in [1.165, 1.54) is 28.8 Å². The summed E-state index contributed by atoms with van der Waals surface area (Å²) in [6.45, 7) is 9.94. The van der Waals surface area contributed by atoms with Crippen LogP contribution in [0.4, 0.5) is 0 Å². The fourth-order valence-corrected chi connectivity index (χ4v) is 5.28. The topological polar surface area (TPSA) is 126 Å². The van der Waals surface area contributed by atoms with Crippen molar-refractivity contribution in [3.8, 4) is 6.07 Å². The number of hydrogen-bond donors (Lipinski definition) is 2. The Morgan fingerprint density at radius 2 is 1.95 bits per heavy atom. The molecular weight excluding hydrogens is 538 g/mol. The first kappa shape index (κ1) is 27.4. The minimum atomic E-state index is -0.639. The van der Waals surface area contributed by atoms with E-state index in [1.54, 1.807) is 24.3 Å². The number of fused-ring (bicyclic) bond motifs is 4. The smallest absolute Gasteiger partial charge is 0.340 e. The van der Waals surface area contributed by atoms with E-state index < -0.39 is 17.2 Å². The Morgan fingerprint density at radius 1 is 1.20 bits per heavy atom. The number of nitrogens with one attached hydrogen (secondary N) is 1. The highest BCUT2D eigenvalue weighted by molar-refractivity contribution is 6.33. The van der Waals surface area contributed by atoms with Gasteiger partial charge in [-0.15, -0.1) is 0 Å². The number of primary amides is 1. The maximum Gasteiger partial charge on any atom is 0.340 e. The lowest BCUT2D eigenvalue weighted by molar-refractivity contribution is 0.100. The number of benzene rings is 2. The molecule has 9 heteroatoms. The summed E-state index contributed by atoms with van der Waals surface area (Å²) in [5, 5.41) is 11.9. The lowest BCUT2D eigenvalue weighted by atomic mass is 9.92. The van der Waals surface area contributed by atoms with Crippen LogP contribution in [0.2, 0.25) is 5.02 Å². The molecule has 3 N–H and O–H groups in total. The lowest BCUT2D eigenvalue weighted by Gasteiger charge is -2.10. The number of carbonyl (C=O) groups excluding carboxylic acids is 1. The van der Waals surface area contributed by atoms with Crippen LogP contribution < -0.4 is 17.0 Å². The van der Waals surface area contributed by atoms with Gasteiger partial charge in [-0.25, -0.2) is 9.36 Å². The Labute approximate surface area is 239 Å². The van der Waals surface area contributed by atoms with Gasteiger partial charge < -0.3 is 10.7 Å². The van der Waals surface area contributed by atoms with Gasteiger partial charge in [-0.3, -0.25) is 14.0 Å². The Kier molecular flexibility index (Phi) is 6.99. The number of H-pyrrole nitrogens is 1. The van der Waals surface area contributed by atoms with Crippen molar-refractivity contribution in [2.45, 2.75) is 26.7 Å². The Morgan fingerprint density at radius 3 is 2.63 bits per heavy atom. The zero-order valence-electron chi connectivity index (χ0n) is 22.7. The van der Waals surface area contributed by atoms with Crippen molar-refractivity contribution in [2.75, 3.05) is 0 Å². The number of pyridine rings is 1. The Balaban J connectivity index is 1.64. The molecule has 5 rings (SSSR count). The van der Waals surface area contributed by atoms with Crippen LogP contribution in [0, 0.1) is 11.3 Å². The number of nitrogens with zero attached hydrogens (tertiary/aromatic N) is 3. The van der Waals surface area contributed by atoms with E-state index in [-0.39, 0.29) is 16.3 Å². The molecule has 0 atom stereocenters. The van der Waals surface area contributed by atoms with Crippen molar-refractivity contribution < 1.29 is 4.79 Å². The first-order chi connectivity index (χ1) is 19.5. The summed E-state index contributed by atoms with van der Waals surface area (Å²) in [6.07, 6.45) is 6.47. The second kappa shape index (κ2) is 10.5. The predicted octanol–water partition coefficient (Wildman–Crippen LogP) is 5.97. The highest BCUT2D eigenvalue weighted by Gasteiger charge is 2.21. The van der Waals surface area contributed by atoms with Crippen molar-refractivity contribution in [1.29, 1.82) is 5.26 Å². The fraction of sp³-hybridized carbons (Fsp3) is 0.125. The van der Waals surface area contributed by atoms with Gasteiger partial charge >= 0.3 is 5.69 Å². The van der Waals surface area contributed by atoms with Crippen LogP contribution in [0.25, 0.3) is 38.6 Å². The summed E-state index contributed by atoms with van der Waals surface area (Å²) in [5.41, 5.74) is 9.40. The lowest BCUT2D eigenvalue weighted by Crippen LogP contribution is -2.35. The van der Waals surface area contributed by atoms with E-state index in [0.717, 1.165) is 26.6 Å². The van der Waals surface area contributed by atoms with Gasteiger partial charge in [-0.1, -0.05) is 56.3 Å². The zero-order chi connectivity index (χ0) is 29.6. The highest BCUT2D eigenvalue weighted by Crippen LogP contribution is 2.37. The van der Waals surface area contributed by atoms with E-state index in [4.69, 9.17) is 17.3 Å². The maximum absolute atomic E-state index is 13.0. The average Bonchev–Trinajstić information content (AvgIpc) is 3.31. The molecule has 1 amide bonds. The predicted molar refractivity (Wildman–Crippen MR) is 164 cm³/mol. The first-order valence-corrected chi connectivity index (χ1v) is 13.2. The number of nitriles is 1. The standard InChI is InChI=1S/C32H26ClN5O3/c1-17(2)20-10-11-22-25(14-20)36-30-23(31(35)40)13-21(16-34)28(29(22)30)18(3)7-5-8-19(4)38-27(39)15-26-24(33)9-6-12-37(26)32(38)41/h5-15,17,36H,4H2,1-3H3,(H2,35,40)/b8-5-,18-7+. The van der Waals surface area contributed by atoms with Crippen molar-refractivity contribution in [3.05, 3.63) is 122 Å². The van der Waals surface area contributed by atoms with Gasteiger partial charge in [0.2, 0.25) is 0 Å². The molecule has 0 spiro atoms. The highest BCUT2D eigenvalue weighted by atomic mass is 35.5. The minimum absolute atomic E-state index is 0.154. The quantitative estimate of drug-likeness (QED) is 0.247. The van der Waals surface area contributed by atoms with Crippen LogP contribution >= 0.6 is 11.6 Å². The molecule has 0 fully saturated rings. The normalized spacial score (nSPS) is 12.1. The monoisotopic (exact) mass is 563 g/mol. The van der Waals surface area contributed by atoms with Gasteiger partial charge in [0, 0.05) is 39.8 Å². The molecule has 0 aliphatic rings. The number of hydrogen-bond acceptors (Lipinski definition) is 4. The van der Waals surface area contributed by atoms with Crippen LogP contribution in [0.5, 0.6) is 0 Å². The molecule has 3 aromatic heterocycles. The summed E-state index contributed by atoms with van der Waals surface area (Å²) in [4.78, 5) is 41.5. The Hall–Kier alpha value is -5.13. The Bertz CT molecular complexity index is 2150. The van der Waals surface area contributed by atoms with Crippen molar-refractivity contribution >= 4 is 56.1 Å². The molecule has 8 nitrogen and oxygen atoms in total. The molecule has 0 radical (unpaired) electrons. The number of aromatic nitrogens is 3. The van der Waals surface area contributed by atoms with Crippen molar-refractivity contribution in [2.24, 2.45) is 5.73 Å². The summed E-state index contributed by atoms with van der Waals surface area (Å²) in [7, 11) is 0. The van der Waals surface area contributed by atoms with Gasteiger partial charge in [0.25, 0.3) is 11.5 Å². The molecule has 5 aromatic rings. The molecule has 0 saturated heterocycles. The van der Waals surface area contributed by atoms with Crippen molar-refractivity contribution in [1.82, 2.24) is 14.0 Å². The molecule has 0 saturated carbocycles. The van der Waals surface area contributed by atoms with E-state index in [9.17, 15) is 19.6 Å². The minimum Gasteiger partial charge on any atom is -0.366 e. The first-order valence-electron chi connectivity index (χ1n) is 12.8. The fourth-order valence-electron chi connectivity index (χ4n) is 5.06. The maximum atomic E-state index is 13.0. The third-order valence-corrected chi connectivity index (χ3v) is 7.45. The van der Waals surface area contributed by atoms with Gasteiger partial charge in [0.15, 0.2) is 0 Å². The molecule has 0 aliphatic heterocycles. The summed E-state index contributed by atoms with van der Waals surface area (Å²) in [6, 6.07) is 14.2. The van der Waals surface area contributed by atoms with Crippen LogP contribution in [-0.4, -0.2) is 19.9 Å². The van der Waals surface area contributed by atoms with Gasteiger partial charge in [0.1, 0.15) is 0 Å². The molecule has 41 heavy (non-hydrogen) atoms. The van der Waals surface area contributed by atoms with E-state index in [0.29, 0.717) is 33.5 Å². The van der Waals surface area contributed by atoms with Crippen molar-refractivity contribution in [3.63, 3.8) is 0 Å². The molecule has 3 heterocycles. The van der Waals surface area contributed by atoms with E-state index in [1.807, 2.05) is 25.1 Å². The summed E-state index contributed by atoms with van der Waals surface area (Å²) < 4.78 is 2.23. The second-order valence-electron chi connectivity index (χ2n) is 10.1. The van der Waals surface area contributed by atoms with Crippen LogP contribution in [0.15, 0.2) is 83.1 Å². The number of amides is 1. The third-order valence-electron chi connectivity index (χ3n) is 7.13. The van der Waals surface area contributed by atoms with Gasteiger partial charge in [0.05, 0.1) is 33.3 Å². The molecule has 204 valence electrons. The number of halogens is 1. The van der Waals surface area contributed by atoms with Crippen LogP contribution in [-0.2, 0) is 0 Å². The van der Waals surface area contributed by atoms with Gasteiger partial charge in [-0.05, 0) is 54.3 Å².